The number of nitrogens with one attached hydrogen (secondary N) is 2. The number of amides is 1. The molecule has 1 amide bonds. The second-order valence-electron chi connectivity index (χ2n) is 7.29. The van der Waals surface area contributed by atoms with E-state index >= 15 is 0 Å². The molecule has 2 N–H and O–H groups in total. The molecule has 1 aromatic heterocycles. The normalized spacial score (nSPS) is 13.0. The average molecular weight is 330 g/mol. The van der Waals surface area contributed by atoms with Crippen LogP contribution < -0.4 is 10.6 Å². The van der Waals surface area contributed by atoms with E-state index in [0.717, 1.165) is 11.4 Å². The van der Waals surface area contributed by atoms with Gasteiger partial charge in [-0.2, -0.15) is 4.98 Å². The van der Waals surface area contributed by atoms with Gasteiger partial charge in [0.1, 0.15) is 6.04 Å². The highest BCUT2D eigenvalue weighted by molar-refractivity contribution is 5.92. The zero-order chi connectivity index (χ0) is 17.9. The van der Waals surface area contributed by atoms with Crippen LogP contribution in [0.5, 0.6) is 0 Å². The van der Waals surface area contributed by atoms with Crippen molar-refractivity contribution in [1.82, 2.24) is 10.1 Å². The van der Waals surface area contributed by atoms with Gasteiger partial charge in [-0.1, -0.05) is 39.8 Å². The Labute approximate surface area is 143 Å². The third kappa shape index (κ3) is 4.57. The molecule has 0 radical (unpaired) electrons. The van der Waals surface area contributed by atoms with Gasteiger partial charge in [0, 0.05) is 22.7 Å². The molecule has 24 heavy (non-hydrogen) atoms. The molecule has 2 aromatic rings. The molecule has 0 spiro atoms. The predicted molar refractivity (Wildman–Crippen MR) is 94.9 cm³/mol. The fourth-order valence-corrected chi connectivity index (χ4v) is 1.96. The van der Waals surface area contributed by atoms with Gasteiger partial charge in [0.05, 0.1) is 0 Å². The van der Waals surface area contributed by atoms with Crippen molar-refractivity contribution in [3.63, 3.8) is 0 Å². The van der Waals surface area contributed by atoms with Gasteiger partial charge in [0.2, 0.25) is 11.8 Å². The third-order valence-electron chi connectivity index (χ3n) is 3.54. The van der Waals surface area contributed by atoms with E-state index in [4.69, 9.17) is 4.52 Å². The molecule has 1 heterocycles. The Bertz CT molecular complexity index is 684. The summed E-state index contributed by atoms with van der Waals surface area (Å²) in [5, 5.41) is 10.2. The number of rotatable bonds is 5. The van der Waals surface area contributed by atoms with Gasteiger partial charge in [0.25, 0.3) is 0 Å². The van der Waals surface area contributed by atoms with E-state index in [1.165, 1.54) is 0 Å². The summed E-state index contributed by atoms with van der Waals surface area (Å²) < 4.78 is 5.35. The Balaban J connectivity index is 2.00. The maximum absolute atomic E-state index is 11.7. The Morgan fingerprint density at radius 2 is 1.67 bits per heavy atom. The summed E-state index contributed by atoms with van der Waals surface area (Å²) in [6, 6.07) is 7.44. The molecule has 0 bridgehead atoms. The Morgan fingerprint density at radius 3 is 2.17 bits per heavy atom. The Kier molecular flexibility index (Phi) is 5.26. The van der Waals surface area contributed by atoms with Gasteiger partial charge >= 0.3 is 0 Å². The van der Waals surface area contributed by atoms with Crippen LogP contribution in [0.2, 0.25) is 0 Å². The van der Waals surface area contributed by atoms with Crippen LogP contribution in [0.1, 0.15) is 59.3 Å². The summed E-state index contributed by atoms with van der Waals surface area (Å²) in [5.74, 6) is 1.21. The average Bonchev–Trinajstić information content (AvgIpc) is 2.99. The highest BCUT2D eigenvalue weighted by Crippen LogP contribution is 2.23. The summed E-state index contributed by atoms with van der Waals surface area (Å²) in [5.41, 5.74) is 1.55. The van der Waals surface area contributed by atoms with Gasteiger partial charge in [-0.15, -0.1) is 0 Å². The number of carbonyl (C=O) groups excluding carboxylic acids is 1. The lowest BCUT2D eigenvalue weighted by atomic mass is 9.96. The van der Waals surface area contributed by atoms with E-state index in [9.17, 15) is 4.79 Å². The molecule has 0 saturated carbocycles. The fraction of sp³-hybridized carbons (Fsp3) is 0.500. The summed E-state index contributed by atoms with van der Waals surface area (Å²) in [7, 11) is 0. The molecule has 1 unspecified atom stereocenters. The first-order valence-electron chi connectivity index (χ1n) is 8.18. The Hall–Kier alpha value is -2.37. The molecule has 0 aliphatic carbocycles. The number of carbonyl (C=O) groups is 1. The lowest BCUT2D eigenvalue weighted by molar-refractivity contribution is -0.118. The molecule has 0 fully saturated rings. The van der Waals surface area contributed by atoms with Crippen LogP contribution in [-0.2, 0) is 10.2 Å². The summed E-state index contributed by atoms with van der Waals surface area (Å²) >= 11 is 0. The first-order valence-corrected chi connectivity index (χ1v) is 8.18. The van der Waals surface area contributed by atoms with Crippen molar-refractivity contribution in [3.8, 4) is 0 Å². The zero-order valence-corrected chi connectivity index (χ0v) is 15.2. The van der Waals surface area contributed by atoms with Crippen LogP contribution in [0, 0.1) is 5.92 Å². The van der Waals surface area contributed by atoms with Crippen LogP contribution in [0.25, 0.3) is 0 Å². The van der Waals surface area contributed by atoms with E-state index in [1.54, 1.807) is 0 Å². The molecule has 1 aromatic carbocycles. The van der Waals surface area contributed by atoms with E-state index in [0.29, 0.717) is 11.7 Å². The minimum absolute atomic E-state index is 0.00430. The van der Waals surface area contributed by atoms with E-state index < -0.39 is 0 Å². The van der Waals surface area contributed by atoms with Crippen molar-refractivity contribution >= 4 is 17.3 Å². The number of benzene rings is 1. The van der Waals surface area contributed by atoms with Gasteiger partial charge in [-0.05, 0) is 31.2 Å². The maximum atomic E-state index is 11.7. The SMILES string of the molecule is CC(C)C(=O)Nc1ccc(NC(C)c2nc(C(C)(C)C)no2)cc1. The van der Waals surface area contributed by atoms with E-state index in [-0.39, 0.29) is 23.3 Å². The highest BCUT2D eigenvalue weighted by Gasteiger charge is 2.23. The molecule has 130 valence electrons. The number of hydrogen-bond acceptors (Lipinski definition) is 5. The van der Waals surface area contributed by atoms with Crippen molar-refractivity contribution in [3.05, 3.63) is 36.0 Å². The van der Waals surface area contributed by atoms with Gasteiger partial charge in [-0.25, -0.2) is 0 Å². The van der Waals surface area contributed by atoms with Crippen LogP contribution in [0.15, 0.2) is 28.8 Å². The summed E-state index contributed by atoms with van der Waals surface area (Å²) in [4.78, 5) is 16.1. The van der Waals surface area contributed by atoms with E-state index in [2.05, 4.69) is 20.8 Å². The fourth-order valence-electron chi connectivity index (χ4n) is 1.96. The third-order valence-corrected chi connectivity index (χ3v) is 3.54. The number of anilines is 2. The van der Waals surface area contributed by atoms with Crippen molar-refractivity contribution in [2.45, 2.75) is 53.0 Å². The standard InChI is InChI=1S/C18H26N4O2/c1-11(2)15(23)20-14-9-7-13(8-10-14)19-12(3)16-21-17(22-24-16)18(4,5)6/h7-12,19H,1-6H3,(H,20,23). The van der Waals surface area contributed by atoms with Gasteiger partial charge in [0.15, 0.2) is 5.82 Å². The number of aromatic nitrogens is 2. The summed E-state index contributed by atoms with van der Waals surface area (Å²) in [6.45, 7) is 11.8. The first kappa shape index (κ1) is 18.0. The van der Waals surface area contributed by atoms with E-state index in [1.807, 2.05) is 65.8 Å². The lowest BCUT2D eigenvalue weighted by Crippen LogP contribution is -2.17. The van der Waals surface area contributed by atoms with Crippen molar-refractivity contribution in [2.24, 2.45) is 5.92 Å². The largest absolute Gasteiger partial charge is 0.374 e. The summed E-state index contributed by atoms with van der Waals surface area (Å²) in [6.07, 6.45) is 0. The van der Waals surface area contributed by atoms with Crippen LogP contribution >= 0.6 is 0 Å². The second-order valence-corrected chi connectivity index (χ2v) is 7.29. The molecule has 0 aliphatic heterocycles. The molecule has 1 atom stereocenters. The smallest absolute Gasteiger partial charge is 0.248 e. The quantitative estimate of drug-likeness (QED) is 0.861. The highest BCUT2D eigenvalue weighted by atomic mass is 16.5. The predicted octanol–water partition coefficient (Wildman–Crippen LogP) is 4.13. The molecule has 2 rings (SSSR count). The van der Waals surface area contributed by atoms with Crippen molar-refractivity contribution in [2.75, 3.05) is 10.6 Å². The maximum Gasteiger partial charge on any atom is 0.248 e. The lowest BCUT2D eigenvalue weighted by Gasteiger charge is -2.13. The topological polar surface area (TPSA) is 80.0 Å². The second kappa shape index (κ2) is 7.03. The van der Waals surface area contributed by atoms with Gasteiger partial charge in [-0.3, -0.25) is 4.79 Å². The van der Waals surface area contributed by atoms with Crippen LogP contribution in [-0.4, -0.2) is 16.0 Å². The molecule has 0 aliphatic rings. The van der Waals surface area contributed by atoms with Crippen LogP contribution in [0.4, 0.5) is 11.4 Å². The monoisotopic (exact) mass is 330 g/mol. The number of nitrogens with zero attached hydrogens (tertiary/aromatic N) is 2. The van der Waals surface area contributed by atoms with Crippen molar-refractivity contribution in [1.29, 1.82) is 0 Å². The molecular weight excluding hydrogens is 304 g/mol. The van der Waals surface area contributed by atoms with Crippen LogP contribution in [0.3, 0.4) is 0 Å². The first-order chi connectivity index (χ1) is 11.2. The Morgan fingerprint density at radius 1 is 1.08 bits per heavy atom. The zero-order valence-electron chi connectivity index (χ0n) is 15.2. The van der Waals surface area contributed by atoms with Crippen molar-refractivity contribution < 1.29 is 9.32 Å². The minimum atomic E-state index is -0.141. The molecule has 6 nitrogen and oxygen atoms in total. The number of hydrogen-bond donors (Lipinski definition) is 2. The minimum Gasteiger partial charge on any atom is -0.374 e. The molecule has 0 saturated heterocycles. The van der Waals surface area contributed by atoms with Gasteiger partial charge < -0.3 is 15.2 Å². The molecule has 6 heteroatoms. The molecular formula is C18H26N4O2.